The average molecular weight is 230 g/mol. The number of pyridine rings is 1. The molecule has 0 unspecified atom stereocenters. The summed E-state index contributed by atoms with van der Waals surface area (Å²) in [6.07, 6.45) is 2.72. The molecule has 4 heteroatoms. The molecule has 0 spiro atoms. The van der Waals surface area contributed by atoms with Gasteiger partial charge in [0.25, 0.3) is 0 Å². The van der Waals surface area contributed by atoms with Crippen molar-refractivity contribution in [1.29, 1.82) is 0 Å². The Hall–Kier alpha value is -1.68. The maximum atomic E-state index is 5.71. The van der Waals surface area contributed by atoms with E-state index in [0.717, 1.165) is 34.9 Å². The number of aryl methyl sites for hydroxylation is 2. The van der Waals surface area contributed by atoms with E-state index in [1.165, 1.54) is 0 Å². The molecule has 2 heterocycles. The third-order valence-corrected chi connectivity index (χ3v) is 3.02. The molecule has 0 fully saturated rings. The van der Waals surface area contributed by atoms with Gasteiger partial charge in [-0.3, -0.25) is 4.57 Å². The third kappa shape index (κ3) is 2.22. The molecule has 2 rings (SSSR count). The highest BCUT2D eigenvalue weighted by Gasteiger charge is 2.07. The van der Waals surface area contributed by atoms with E-state index in [-0.39, 0.29) is 0 Å². The van der Waals surface area contributed by atoms with E-state index < -0.39 is 0 Å². The lowest BCUT2D eigenvalue weighted by molar-refractivity contribution is 0.899. The third-order valence-electron chi connectivity index (χ3n) is 3.02. The minimum Gasteiger partial charge on any atom is -0.326 e. The van der Waals surface area contributed by atoms with Crippen molar-refractivity contribution in [3.8, 4) is 5.82 Å². The fourth-order valence-electron chi connectivity index (χ4n) is 1.79. The van der Waals surface area contributed by atoms with Crippen LogP contribution in [0.2, 0.25) is 0 Å². The van der Waals surface area contributed by atoms with Gasteiger partial charge in [0.05, 0.1) is 5.69 Å². The number of aromatic nitrogens is 3. The Morgan fingerprint density at radius 1 is 1.29 bits per heavy atom. The van der Waals surface area contributed by atoms with Gasteiger partial charge in [-0.2, -0.15) is 0 Å². The molecule has 2 aromatic heterocycles. The Kier molecular flexibility index (Phi) is 3.24. The van der Waals surface area contributed by atoms with Crippen LogP contribution in [0.5, 0.6) is 0 Å². The largest absolute Gasteiger partial charge is 0.326 e. The maximum absolute atomic E-state index is 5.71. The van der Waals surface area contributed by atoms with Crippen LogP contribution in [0.25, 0.3) is 5.82 Å². The molecule has 0 aromatic carbocycles. The number of hydrogen-bond acceptors (Lipinski definition) is 3. The minimum atomic E-state index is 0.537. The summed E-state index contributed by atoms with van der Waals surface area (Å²) in [6, 6.07) is 4.08. The Labute approximate surface area is 102 Å². The lowest BCUT2D eigenvalue weighted by Crippen LogP contribution is -2.05. The van der Waals surface area contributed by atoms with Gasteiger partial charge < -0.3 is 5.73 Å². The topological polar surface area (TPSA) is 56.7 Å². The number of nitrogens with two attached hydrogens (primary N) is 1. The molecule has 0 aliphatic rings. The molecule has 0 saturated carbocycles. The highest BCUT2D eigenvalue weighted by Crippen LogP contribution is 2.14. The molecule has 0 radical (unpaired) electrons. The van der Waals surface area contributed by atoms with Crippen molar-refractivity contribution >= 4 is 0 Å². The molecule has 0 bridgehead atoms. The predicted octanol–water partition coefficient (Wildman–Crippen LogP) is 1.91. The molecule has 0 atom stereocenters. The van der Waals surface area contributed by atoms with E-state index >= 15 is 0 Å². The quantitative estimate of drug-likeness (QED) is 0.876. The second-order valence-electron chi connectivity index (χ2n) is 4.17. The van der Waals surface area contributed by atoms with Gasteiger partial charge >= 0.3 is 0 Å². The first-order valence-electron chi connectivity index (χ1n) is 5.86. The summed E-state index contributed by atoms with van der Waals surface area (Å²) < 4.78 is 2.01. The Morgan fingerprint density at radius 3 is 2.59 bits per heavy atom. The van der Waals surface area contributed by atoms with Gasteiger partial charge in [-0.25, -0.2) is 9.97 Å². The number of hydrogen-bond donors (Lipinski definition) is 1. The molecule has 2 N–H and O–H groups in total. The van der Waals surface area contributed by atoms with Gasteiger partial charge in [-0.05, 0) is 38.0 Å². The normalized spacial score (nSPS) is 10.8. The van der Waals surface area contributed by atoms with Gasteiger partial charge in [0, 0.05) is 17.9 Å². The fourth-order valence-corrected chi connectivity index (χ4v) is 1.79. The van der Waals surface area contributed by atoms with Crippen molar-refractivity contribution in [3.05, 3.63) is 41.1 Å². The van der Waals surface area contributed by atoms with Crippen molar-refractivity contribution in [1.82, 2.24) is 14.5 Å². The molecular weight excluding hydrogens is 212 g/mol. The molecule has 2 aromatic rings. The molecule has 0 saturated heterocycles. The Balaban J connectivity index is 2.54. The van der Waals surface area contributed by atoms with Crippen LogP contribution in [0.1, 0.15) is 29.6 Å². The van der Waals surface area contributed by atoms with Crippen LogP contribution in [0.4, 0.5) is 0 Å². The lowest BCUT2D eigenvalue weighted by Gasteiger charge is -2.09. The van der Waals surface area contributed by atoms with Crippen molar-refractivity contribution in [3.63, 3.8) is 0 Å². The van der Waals surface area contributed by atoms with E-state index in [4.69, 9.17) is 5.73 Å². The molecule has 0 aliphatic heterocycles. The van der Waals surface area contributed by atoms with Crippen LogP contribution in [0.3, 0.4) is 0 Å². The van der Waals surface area contributed by atoms with Crippen LogP contribution < -0.4 is 5.73 Å². The molecule has 17 heavy (non-hydrogen) atoms. The summed E-state index contributed by atoms with van der Waals surface area (Å²) in [5.41, 5.74) is 10.0. The zero-order chi connectivity index (χ0) is 12.4. The van der Waals surface area contributed by atoms with Gasteiger partial charge in [0.2, 0.25) is 0 Å². The molecule has 90 valence electrons. The summed E-state index contributed by atoms with van der Waals surface area (Å²) in [5.74, 6) is 0.905. The second kappa shape index (κ2) is 4.67. The molecular formula is C13H18N4. The first kappa shape index (κ1) is 11.8. The average Bonchev–Trinajstić information content (AvgIpc) is 2.69. The highest BCUT2D eigenvalue weighted by molar-refractivity contribution is 5.33. The van der Waals surface area contributed by atoms with E-state index in [2.05, 4.69) is 23.0 Å². The summed E-state index contributed by atoms with van der Waals surface area (Å²) in [7, 11) is 0. The number of imidazole rings is 1. The van der Waals surface area contributed by atoms with Crippen molar-refractivity contribution in [2.75, 3.05) is 0 Å². The molecule has 4 nitrogen and oxygen atoms in total. The van der Waals surface area contributed by atoms with Crippen molar-refractivity contribution in [2.45, 2.75) is 33.7 Å². The zero-order valence-corrected chi connectivity index (χ0v) is 10.6. The Bertz CT molecular complexity index is 506. The van der Waals surface area contributed by atoms with E-state index in [1.807, 2.05) is 30.8 Å². The molecule has 0 aliphatic carbocycles. The summed E-state index contributed by atoms with van der Waals surface area (Å²) in [5, 5.41) is 0. The number of nitrogens with zero attached hydrogens (tertiary/aromatic N) is 3. The zero-order valence-electron chi connectivity index (χ0n) is 10.6. The van der Waals surface area contributed by atoms with Crippen molar-refractivity contribution < 1.29 is 0 Å². The van der Waals surface area contributed by atoms with Gasteiger partial charge in [0.1, 0.15) is 12.1 Å². The van der Waals surface area contributed by atoms with Crippen molar-refractivity contribution in [2.24, 2.45) is 5.73 Å². The number of rotatable bonds is 3. The highest BCUT2D eigenvalue weighted by atomic mass is 15.1. The van der Waals surface area contributed by atoms with Gasteiger partial charge in [-0.15, -0.1) is 0 Å². The van der Waals surface area contributed by atoms with Gasteiger partial charge in [0.15, 0.2) is 0 Å². The van der Waals surface area contributed by atoms with Crippen LogP contribution in [-0.2, 0) is 13.0 Å². The van der Waals surface area contributed by atoms with E-state index in [1.54, 1.807) is 0 Å². The summed E-state index contributed by atoms with van der Waals surface area (Å²) in [6.45, 7) is 6.68. The van der Waals surface area contributed by atoms with E-state index in [0.29, 0.717) is 6.54 Å². The monoisotopic (exact) mass is 230 g/mol. The first-order chi connectivity index (χ1) is 8.15. The minimum absolute atomic E-state index is 0.537. The fraction of sp³-hybridized carbons (Fsp3) is 0.385. The van der Waals surface area contributed by atoms with Gasteiger partial charge in [-0.1, -0.05) is 6.92 Å². The summed E-state index contributed by atoms with van der Waals surface area (Å²) >= 11 is 0. The van der Waals surface area contributed by atoms with Crippen LogP contribution in [0, 0.1) is 13.8 Å². The summed E-state index contributed by atoms with van der Waals surface area (Å²) in [4.78, 5) is 8.91. The standard InChI is InChI=1S/C13H18N4/c1-4-12-5-11(7-14)6-13(16-12)17-8-15-9(2)10(17)3/h5-6,8H,4,7,14H2,1-3H3. The van der Waals surface area contributed by atoms with Crippen LogP contribution in [0.15, 0.2) is 18.5 Å². The second-order valence-corrected chi connectivity index (χ2v) is 4.17. The van der Waals surface area contributed by atoms with E-state index in [9.17, 15) is 0 Å². The van der Waals surface area contributed by atoms with Crippen LogP contribution >= 0.6 is 0 Å². The molecule has 0 amide bonds. The van der Waals surface area contributed by atoms with Crippen LogP contribution in [-0.4, -0.2) is 14.5 Å². The Morgan fingerprint density at radius 2 is 2.06 bits per heavy atom. The predicted molar refractivity (Wildman–Crippen MR) is 68.1 cm³/mol. The maximum Gasteiger partial charge on any atom is 0.138 e. The smallest absolute Gasteiger partial charge is 0.138 e. The first-order valence-corrected chi connectivity index (χ1v) is 5.86. The lowest BCUT2D eigenvalue weighted by atomic mass is 10.2. The SMILES string of the molecule is CCc1cc(CN)cc(-n2cnc(C)c2C)n1.